The normalized spacial score (nSPS) is 12.2. The van der Waals surface area contributed by atoms with Gasteiger partial charge in [0, 0.05) is 6.04 Å². The lowest BCUT2D eigenvalue weighted by Crippen LogP contribution is -2.18. The second-order valence-electron chi connectivity index (χ2n) is 4.72. The minimum atomic E-state index is -0.194. The standard InChI is InChI=1S/C16H18FN/c1-12-8-9-15(17)16(10-12)18-13(2)11-14-6-4-3-5-7-14/h3-10,13,18H,11H2,1-2H3. The van der Waals surface area contributed by atoms with Crippen LogP contribution in [0.5, 0.6) is 0 Å². The van der Waals surface area contributed by atoms with Crippen LogP contribution in [0.25, 0.3) is 0 Å². The molecule has 0 aliphatic heterocycles. The van der Waals surface area contributed by atoms with E-state index in [9.17, 15) is 4.39 Å². The Morgan fingerprint density at radius 1 is 1.11 bits per heavy atom. The van der Waals surface area contributed by atoms with Gasteiger partial charge in [0.05, 0.1) is 5.69 Å². The highest BCUT2D eigenvalue weighted by Gasteiger charge is 2.07. The SMILES string of the molecule is Cc1ccc(F)c(NC(C)Cc2ccccc2)c1. The van der Waals surface area contributed by atoms with Gasteiger partial charge in [-0.3, -0.25) is 0 Å². The molecule has 0 fully saturated rings. The van der Waals surface area contributed by atoms with Crippen LogP contribution < -0.4 is 5.32 Å². The maximum absolute atomic E-state index is 13.6. The topological polar surface area (TPSA) is 12.0 Å². The Hall–Kier alpha value is -1.83. The van der Waals surface area contributed by atoms with Crippen molar-refractivity contribution in [1.82, 2.24) is 0 Å². The summed E-state index contributed by atoms with van der Waals surface area (Å²) >= 11 is 0. The molecule has 0 bridgehead atoms. The summed E-state index contributed by atoms with van der Waals surface area (Å²) in [5.74, 6) is -0.194. The van der Waals surface area contributed by atoms with Gasteiger partial charge in [-0.05, 0) is 43.5 Å². The molecule has 2 heteroatoms. The summed E-state index contributed by atoms with van der Waals surface area (Å²) in [6.07, 6.45) is 0.883. The molecule has 0 spiro atoms. The van der Waals surface area contributed by atoms with Gasteiger partial charge in [0.15, 0.2) is 0 Å². The van der Waals surface area contributed by atoms with Crippen LogP contribution in [0.4, 0.5) is 10.1 Å². The van der Waals surface area contributed by atoms with Gasteiger partial charge in [0.25, 0.3) is 0 Å². The zero-order valence-corrected chi connectivity index (χ0v) is 10.8. The van der Waals surface area contributed by atoms with Gasteiger partial charge in [-0.25, -0.2) is 4.39 Å². The molecule has 94 valence electrons. The van der Waals surface area contributed by atoms with Gasteiger partial charge < -0.3 is 5.32 Å². The van der Waals surface area contributed by atoms with Crippen molar-refractivity contribution >= 4 is 5.69 Å². The van der Waals surface area contributed by atoms with E-state index in [0.29, 0.717) is 5.69 Å². The van der Waals surface area contributed by atoms with Gasteiger partial charge in [-0.2, -0.15) is 0 Å². The number of hydrogen-bond acceptors (Lipinski definition) is 1. The quantitative estimate of drug-likeness (QED) is 0.849. The number of hydrogen-bond donors (Lipinski definition) is 1. The predicted molar refractivity (Wildman–Crippen MR) is 74.4 cm³/mol. The van der Waals surface area contributed by atoms with Gasteiger partial charge >= 0.3 is 0 Å². The molecule has 1 N–H and O–H groups in total. The molecular formula is C16H18FN. The summed E-state index contributed by atoms with van der Waals surface area (Å²) in [7, 11) is 0. The zero-order valence-electron chi connectivity index (χ0n) is 10.8. The predicted octanol–water partition coefficient (Wildman–Crippen LogP) is 4.18. The number of halogens is 1. The van der Waals surface area contributed by atoms with Crippen molar-refractivity contribution in [2.45, 2.75) is 26.3 Å². The summed E-state index contributed by atoms with van der Waals surface area (Å²) in [6.45, 7) is 4.03. The molecule has 2 aromatic carbocycles. The minimum absolute atomic E-state index is 0.194. The van der Waals surface area contributed by atoms with Crippen LogP contribution in [0.3, 0.4) is 0 Å². The molecule has 0 radical (unpaired) electrons. The van der Waals surface area contributed by atoms with Crippen molar-refractivity contribution in [3.63, 3.8) is 0 Å². The molecule has 18 heavy (non-hydrogen) atoms. The molecule has 2 rings (SSSR count). The molecule has 0 amide bonds. The van der Waals surface area contributed by atoms with Crippen LogP contribution in [0.15, 0.2) is 48.5 Å². The third-order valence-electron chi connectivity index (χ3n) is 2.91. The highest BCUT2D eigenvalue weighted by molar-refractivity contribution is 5.47. The molecule has 1 nitrogen and oxygen atoms in total. The number of rotatable bonds is 4. The van der Waals surface area contributed by atoms with Gasteiger partial charge in [0.2, 0.25) is 0 Å². The van der Waals surface area contributed by atoms with Crippen LogP contribution in [0.1, 0.15) is 18.1 Å². The van der Waals surface area contributed by atoms with Crippen LogP contribution in [0, 0.1) is 12.7 Å². The van der Waals surface area contributed by atoms with Gasteiger partial charge in [0.1, 0.15) is 5.82 Å². The monoisotopic (exact) mass is 243 g/mol. The molecule has 0 aromatic heterocycles. The highest BCUT2D eigenvalue weighted by Crippen LogP contribution is 2.17. The first kappa shape index (κ1) is 12.6. The van der Waals surface area contributed by atoms with E-state index in [1.165, 1.54) is 11.6 Å². The summed E-state index contributed by atoms with van der Waals surface area (Å²) in [4.78, 5) is 0. The fourth-order valence-electron chi connectivity index (χ4n) is 2.03. The van der Waals surface area contributed by atoms with Crippen molar-refractivity contribution in [2.75, 3.05) is 5.32 Å². The zero-order chi connectivity index (χ0) is 13.0. The molecule has 1 atom stereocenters. The summed E-state index contributed by atoms with van der Waals surface area (Å²) in [5, 5.41) is 3.22. The molecular weight excluding hydrogens is 225 g/mol. The number of nitrogens with one attached hydrogen (secondary N) is 1. The van der Waals surface area contributed by atoms with Crippen molar-refractivity contribution in [1.29, 1.82) is 0 Å². The second-order valence-corrected chi connectivity index (χ2v) is 4.72. The minimum Gasteiger partial charge on any atom is -0.380 e. The van der Waals surface area contributed by atoms with Crippen LogP contribution in [-0.4, -0.2) is 6.04 Å². The average Bonchev–Trinajstić information content (AvgIpc) is 2.35. The Bertz CT molecular complexity index is 508. The lowest BCUT2D eigenvalue weighted by molar-refractivity contribution is 0.625. The highest BCUT2D eigenvalue weighted by atomic mass is 19.1. The van der Waals surface area contributed by atoms with E-state index in [1.54, 1.807) is 6.07 Å². The molecule has 1 unspecified atom stereocenters. The summed E-state index contributed by atoms with van der Waals surface area (Å²) in [5.41, 5.74) is 2.90. The lowest BCUT2D eigenvalue weighted by Gasteiger charge is -2.16. The van der Waals surface area contributed by atoms with E-state index in [-0.39, 0.29) is 11.9 Å². The van der Waals surface area contributed by atoms with Crippen LogP contribution >= 0.6 is 0 Å². The Balaban J connectivity index is 2.03. The Morgan fingerprint density at radius 2 is 1.83 bits per heavy atom. The third-order valence-corrected chi connectivity index (χ3v) is 2.91. The first-order chi connectivity index (χ1) is 8.65. The maximum Gasteiger partial charge on any atom is 0.146 e. The lowest BCUT2D eigenvalue weighted by atomic mass is 10.1. The second kappa shape index (κ2) is 5.67. The van der Waals surface area contributed by atoms with Crippen molar-refractivity contribution < 1.29 is 4.39 Å². The molecule has 2 aromatic rings. The fourth-order valence-corrected chi connectivity index (χ4v) is 2.03. The van der Waals surface area contributed by atoms with Crippen molar-refractivity contribution in [2.24, 2.45) is 0 Å². The molecule has 0 heterocycles. The van der Waals surface area contributed by atoms with E-state index < -0.39 is 0 Å². The summed E-state index contributed by atoms with van der Waals surface area (Å²) < 4.78 is 13.6. The van der Waals surface area contributed by atoms with E-state index >= 15 is 0 Å². The molecule has 0 aliphatic carbocycles. The van der Waals surface area contributed by atoms with Gasteiger partial charge in [-0.1, -0.05) is 36.4 Å². The van der Waals surface area contributed by atoms with E-state index in [1.807, 2.05) is 31.2 Å². The van der Waals surface area contributed by atoms with Gasteiger partial charge in [-0.15, -0.1) is 0 Å². The van der Waals surface area contributed by atoms with Crippen molar-refractivity contribution in [3.8, 4) is 0 Å². The van der Waals surface area contributed by atoms with Crippen molar-refractivity contribution in [3.05, 3.63) is 65.5 Å². The Labute approximate surface area is 108 Å². The Kier molecular flexibility index (Phi) is 3.98. The van der Waals surface area contributed by atoms with E-state index in [0.717, 1.165) is 12.0 Å². The molecule has 0 saturated heterocycles. The average molecular weight is 243 g/mol. The van der Waals surface area contributed by atoms with Crippen LogP contribution in [-0.2, 0) is 6.42 Å². The number of aryl methyl sites for hydroxylation is 1. The summed E-state index contributed by atoms with van der Waals surface area (Å²) in [6, 6.07) is 15.6. The molecule has 0 saturated carbocycles. The number of anilines is 1. The first-order valence-electron chi connectivity index (χ1n) is 6.22. The van der Waals surface area contributed by atoms with Crippen LogP contribution in [0.2, 0.25) is 0 Å². The third kappa shape index (κ3) is 3.33. The van der Waals surface area contributed by atoms with E-state index in [4.69, 9.17) is 0 Å². The largest absolute Gasteiger partial charge is 0.380 e. The fraction of sp³-hybridized carbons (Fsp3) is 0.250. The first-order valence-corrected chi connectivity index (χ1v) is 6.22. The van der Waals surface area contributed by atoms with E-state index in [2.05, 4.69) is 24.4 Å². The number of benzene rings is 2. The Morgan fingerprint density at radius 3 is 2.56 bits per heavy atom. The maximum atomic E-state index is 13.6. The smallest absolute Gasteiger partial charge is 0.146 e. The molecule has 0 aliphatic rings.